The van der Waals surface area contributed by atoms with E-state index in [9.17, 15) is 4.79 Å². The number of nitrogens with one attached hydrogen (secondary N) is 1. The molecule has 0 spiro atoms. The van der Waals surface area contributed by atoms with Crippen molar-refractivity contribution in [1.29, 1.82) is 0 Å². The van der Waals surface area contributed by atoms with Crippen molar-refractivity contribution in [2.45, 2.75) is 13.3 Å². The Labute approximate surface area is 149 Å². The molecule has 0 radical (unpaired) electrons. The van der Waals surface area contributed by atoms with Gasteiger partial charge in [-0.05, 0) is 37.7 Å². The lowest BCUT2D eigenvalue weighted by atomic mass is 10.1. The number of anilines is 1. The number of pyridine rings is 1. The van der Waals surface area contributed by atoms with Crippen LogP contribution < -0.4 is 10.2 Å². The molecule has 1 fully saturated rings. The molecule has 1 N–H and O–H groups in total. The van der Waals surface area contributed by atoms with Crippen molar-refractivity contribution >= 4 is 11.6 Å². The average molecular weight is 338 g/mol. The number of rotatable bonds is 5. The fraction of sp³-hybridized carbons (Fsp3) is 0.400. The maximum Gasteiger partial charge on any atom is 0.251 e. The lowest BCUT2D eigenvalue weighted by Gasteiger charge is -2.34. The molecule has 5 nitrogen and oxygen atoms in total. The summed E-state index contributed by atoms with van der Waals surface area (Å²) in [5.74, 6) is -0.0421. The van der Waals surface area contributed by atoms with Crippen molar-refractivity contribution in [2.24, 2.45) is 0 Å². The summed E-state index contributed by atoms with van der Waals surface area (Å²) in [7, 11) is 2.16. The molecule has 0 aliphatic carbocycles. The molecule has 1 aliphatic rings. The third kappa shape index (κ3) is 4.37. The Bertz CT molecular complexity index is 706. The van der Waals surface area contributed by atoms with E-state index in [-0.39, 0.29) is 5.91 Å². The minimum atomic E-state index is -0.0421. The molecule has 0 bridgehead atoms. The summed E-state index contributed by atoms with van der Waals surface area (Å²) in [6.45, 7) is 7.04. The zero-order valence-corrected chi connectivity index (χ0v) is 15.0. The van der Waals surface area contributed by atoms with Gasteiger partial charge in [0.2, 0.25) is 0 Å². The van der Waals surface area contributed by atoms with Crippen molar-refractivity contribution in [3.63, 3.8) is 0 Å². The van der Waals surface area contributed by atoms with Crippen molar-refractivity contribution in [1.82, 2.24) is 15.2 Å². The summed E-state index contributed by atoms with van der Waals surface area (Å²) in [5.41, 5.74) is 3.76. The lowest BCUT2D eigenvalue weighted by molar-refractivity contribution is 0.0953. The highest BCUT2D eigenvalue weighted by molar-refractivity contribution is 5.95. The van der Waals surface area contributed by atoms with Crippen LogP contribution in [0.5, 0.6) is 0 Å². The lowest BCUT2D eigenvalue weighted by Crippen LogP contribution is -2.44. The standard InChI is InChI=1S/C20H26N4O/c1-3-9-22-20(25)17-8-10-21-19(15-17)16-4-6-18(7-5-16)24-13-11-23(2)12-14-24/h4-8,10,15H,3,9,11-14H2,1-2H3,(H,22,25). The van der Waals surface area contributed by atoms with E-state index in [0.717, 1.165) is 43.9 Å². The van der Waals surface area contributed by atoms with Crippen LogP contribution in [0.4, 0.5) is 5.69 Å². The summed E-state index contributed by atoms with van der Waals surface area (Å²) in [5, 5.41) is 2.91. The van der Waals surface area contributed by atoms with Gasteiger partial charge in [0.15, 0.2) is 0 Å². The van der Waals surface area contributed by atoms with E-state index in [1.807, 2.05) is 13.0 Å². The van der Waals surface area contributed by atoms with Gasteiger partial charge < -0.3 is 15.1 Å². The topological polar surface area (TPSA) is 48.5 Å². The molecule has 132 valence electrons. The van der Waals surface area contributed by atoms with Crippen LogP contribution in [-0.2, 0) is 0 Å². The second-order valence-corrected chi connectivity index (χ2v) is 6.52. The Hall–Kier alpha value is -2.40. The van der Waals surface area contributed by atoms with E-state index in [1.54, 1.807) is 12.3 Å². The smallest absolute Gasteiger partial charge is 0.251 e. The van der Waals surface area contributed by atoms with Gasteiger partial charge in [-0.3, -0.25) is 9.78 Å². The van der Waals surface area contributed by atoms with Crippen LogP contribution in [0.15, 0.2) is 42.6 Å². The summed E-state index contributed by atoms with van der Waals surface area (Å²) in [4.78, 5) is 21.3. The van der Waals surface area contributed by atoms with E-state index in [0.29, 0.717) is 12.1 Å². The molecule has 2 heterocycles. The van der Waals surface area contributed by atoms with E-state index < -0.39 is 0 Å². The number of piperazine rings is 1. The molecular formula is C20H26N4O. The number of aromatic nitrogens is 1. The largest absolute Gasteiger partial charge is 0.369 e. The highest BCUT2D eigenvalue weighted by Gasteiger charge is 2.14. The van der Waals surface area contributed by atoms with Gasteiger partial charge in [0.05, 0.1) is 5.69 Å². The molecule has 5 heteroatoms. The van der Waals surface area contributed by atoms with Crippen molar-refractivity contribution in [2.75, 3.05) is 44.7 Å². The molecule has 0 unspecified atom stereocenters. The van der Waals surface area contributed by atoms with Crippen LogP contribution in [0.2, 0.25) is 0 Å². The number of carbonyl (C=O) groups is 1. The number of hydrogen-bond acceptors (Lipinski definition) is 4. The predicted molar refractivity (Wildman–Crippen MR) is 102 cm³/mol. The number of amides is 1. The molecule has 0 saturated carbocycles. The van der Waals surface area contributed by atoms with Crippen LogP contribution in [-0.4, -0.2) is 55.6 Å². The Balaban J connectivity index is 1.73. The first-order chi connectivity index (χ1) is 12.2. The molecule has 1 aromatic heterocycles. The van der Waals surface area contributed by atoms with Gasteiger partial charge in [0.25, 0.3) is 5.91 Å². The molecule has 1 amide bonds. The van der Waals surface area contributed by atoms with E-state index in [4.69, 9.17) is 0 Å². The predicted octanol–water partition coefficient (Wildman–Crippen LogP) is 2.64. The number of nitrogens with zero attached hydrogens (tertiary/aromatic N) is 3. The van der Waals surface area contributed by atoms with Gasteiger partial charge in [0, 0.05) is 55.7 Å². The van der Waals surface area contributed by atoms with Gasteiger partial charge in [-0.15, -0.1) is 0 Å². The minimum absolute atomic E-state index is 0.0421. The highest BCUT2D eigenvalue weighted by atomic mass is 16.1. The third-order valence-electron chi connectivity index (χ3n) is 4.59. The molecule has 25 heavy (non-hydrogen) atoms. The van der Waals surface area contributed by atoms with Crippen LogP contribution >= 0.6 is 0 Å². The normalized spacial score (nSPS) is 15.2. The van der Waals surface area contributed by atoms with Crippen molar-refractivity contribution in [3.05, 3.63) is 48.2 Å². The van der Waals surface area contributed by atoms with Gasteiger partial charge in [0.1, 0.15) is 0 Å². The van der Waals surface area contributed by atoms with Crippen LogP contribution in [0.1, 0.15) is 23.7 Å². The van der Waals surface area contributed by atoms with E-state index in [2.05, 4.69) is 51.4 Å². The van der Waals surface area contributed by atoms with Gasteiger partial charge in [-0.1, -0.05) is 19.1 Å². The second-order valence-electron chi connectivity index (χ2n) is 6.52. The van der Waals surface area contributed by atoms with Crippen LogP contribution in [0.3, 0.4) is 0 Å². The summed E-state index contributed by atoms with van der Waals surface area (Å²) in [6.07, 6.45) is 2.63. The average Bonchev–Trinajstić information content (AvgIpc) is 2.67. The summed E-state index contributed by atoms with van der Waals surface area (Å²) >= 11 is 0. The zero-order chi connectivity index (χ0) is 17.6. The highest BCUT2D eigenvalue weighted by Crippen LogP contribution is 2.23. The van der Waals surface area contributed by atoms with Crippen LogP contribution in [0, 0.1) is 0 Å². The third-order valence-corrected chi connectivity index (χ3v) is 4.59. The first-order valence-corrected chi connectivity index (χ1v) is 8.95. The van der Waals surface area contributed by atoms with Crippen LogP contribution in [0.25, 0.3) is 11.3 Å². The second kappa shape index (κ2) is 8.12. The molecule has 1 saturated heterocycles. The van der Waals surface area contributed by atoms with Gasteiger partial charge in [-0.25, -0.2) is 0 Å². The first-order valence-electron chi connectivity index (χ1n) is 8.95. The van der Waals surface area contributed by atoms with E-state index in [1.165, 1.54) is 5.69 Å². The first kappa shape index (κ1) is 17.4. The number of hydrogen-bond donors (Lipinski definition) is 1. The van der Waals surface area contributed by atoms with Gasteiger partial charge in [-0.2, -0.15) is 0 Å². The zero-order valence-electron chi connectivity index (χ0n) is 15.0. The number of carbonyl (C=O) groups excluding carboxylic acids is 1. The molecule has 0 atom stereocenters. The van der Waals surface area contributed by atoms with E-state index >= 15 is 0 Å². The molecule has 2 aromatic rings. The number of benzene rings is 1. The SMILES string of the molecule is CCCNC(=O)c1ccnc(-c2ccc(N3CCN(C)CC3)cc2)c1. The van der Waals surface area contributed by atoms with Gasteiger partial charge >= 0.3 is 0 Å². The fourth-order valence-corrected chi connectivity index (χ4v) is 2.98. The molecule has 3 rings (SSSR count). The Morgan fingerprint density at radius 2 is 1.84 bits per heavy atom. The monoisotopic (exact) mass is 338 g/mol. The maximum absolute atomic E-state index is 12.1. The quantitative estimate of drug-likeness (QED) is 0.910. The summed E-state index contributed by atoms with van der Waals surface area (Å²) < 4.78 is 0. The fourth-order valence-electron chi connectivity index (χ4n) is 2.98. The molecular weight excluding hydrogens is 312 g/mol. The minimum Gasteiger partial charge on any atom is -0.369 e. The van der Waals surface area contributed by atoms with Crippen molar-refractivity contribution in [3.8, 4) is 11.3 Å². The Morgan fingerprint density at radius 1 is 1.12 bits per heavy atom. The summed E-state index contributed by atoms with van der Waals surface area (Å²) in [6, 6.07) is 12.1. The molecule has 1 aliphatic heterocycles. The molecule has 1 aromatic carbocycles. The van der Waals surface area contributed by atoms with Crippen molar-refractivity contribution < 1.29 is 4.79 Å². The Morgan fingerprint density at radius 3 is 2.52 bits per heavy atom. The Kier molecular flexibility index (Phi) is 5.66. The maximum atomic E-state index is 12.1. The number of likely N-dealkylation sites (N-methyl/N-ethyl adjacent to an activating group) is 1.